The molecule has 0 amide bonds. The number of nitrogens with one attached hydrogen (secondary N) is 1. The van der Waals surface area contributed by atoms with Crippen molar-refractivity contribution in [1.29, 1.82) is 0 Å². The zero-order valence-electron chi connectivity index (χ0n) is 19.6. The largest absolute Gasteiger partial charge is 0.338 e. The van der Waals surface area contributed by atoms with Crippen molar-refractivity contribution in [3.8, 4) is 22.4 Å². The molecule has 174 valence electrons. The first-order valence-electron chi connectivity index (χ1n) is 11.8. The normalized spacial score (nSPS) is 15.6. The van der Waals surface area contributed by atoms with E-state index < -0.39 is 0 Å². The third-order valence-electron chi connectivity index (χ3n) is 6.76. The summed E-state index contributed by atoms with van der Waals surface area (Å²) < 4.78 is 3.84. The van der Waals surface area contributed by atoms with Crippen molar-refractivity contribution in [1.82, 2.24) is 44.3 Å². The van der Waals surface area contributed by atoms with E-state index in [1.165, 1.54) is 0 Å². The number of piperazine rings is 1. The molecule has 0 atom stereocenters. The fraction of sp³-hybridized carbons (Fsp3) is 0.360. The van der Waals surface area contributed by atoms with Crippen LogP contribution in [0.5, 0.6) is 0 Å². The molecule has 0 radical (unpaired) electrons. The fourth-order valence-electron chi connectivity index (χ4n) is 4.71. The van der Waals surface area contributed by atoms with E-state index in [-0.39, 0.29) is 0 Å². The number of hydrogen-bond donors (Lipinski definition) is 1. The van der Waals surface area contributed by atoms with Crippen molar-refractivity contribution in [2.45, 2.75) is 13.0 Å². The summed E-state index contributed by atoms with van der Waals surface area (Å²) in [7, 11) is 4.11. The Bertz CT molecular complexity index is 1440. The number of likely N-dealkylation sites (N-methyl/N-ethyl adjacent to an activating group) is 1. The van der Waals surface area contributed by atoms with Gasteiger partial charge in [-0.25, -0.2) is 4.98 Å². The van der Waals surface area contributed by atoms with Crippen LogP contribution in [0.1, 0.15) is 6.42 Å². The average Bonchev–Trinajstić information content (AvgIpc) is 3.58. The molecule has 1 fully saturated rings. The van der Waals surface area contributed by atoms with E-state index in [4.69, 9.17) is 4.98 Å². The van der Waals surface area contributed by atoms with Crippen molar-refractivity contribution in [3.63, 3.8) is 0 Å². The summed E-state index contributed by atoms with van der Waals surface area (Å²) in [6.07, 6.45) is 12.8. The van der Waals surface area contributed by atoms with Gasteiger partial charge in [-0.05, 0) is 32.1 Å². The van der Waals surface area contributed by atoms with Gasteiger partial charge in [0.1, 0.15) is 5.65 Å². The van der Waals surface area contributed by atoms with Gasteiger partial charge in [-0.3, -0.25) is 14.3 Å². The molecule has 0 aliphatic carbocycles. The predicted molar refractivity (Wildman–Crippen MR) is 133 cm³/mol. The Balaban J connectivity index is 1.21. The lowest BCUT2D eigenvalue weighted by Gasteiger charge is -2.32. The van der Waals surface area contributed by atoms with Crippen molar-refractivity contribution in [2.75, 3.05) is 39.8 Å². The third-order valence-corrected chi connectivity index (χ3v) is 6.76. The van der Waals surface area contributed by atoms with Crippen molar-refractivity contribution < 1.29 is 0 Å². The van der Waals surface area contributed by atoms with Crippen LogP contribution in [0.3, 0.4) is 0 Å². The lowest BCUT2D eigenvalue weighted by atomic mass is 10.1. The van der Waals surface area contributed by atoms with Gasteiger partial charge in [-0.2, -0.15) is 10.2 Å². The number of rotatable bonds is 6. The van der Waals surface area contributed by atoms with E-state index in [9.17, 15) is 0 Å². The van der Waals surface area contributed by atoms with Crippen LogP contribution in [-0.4, -0.2) is 84.1 Å². The van der Waals surface area contributed by atoms with E-state index in [1.807, 2.05) is 38.0 Å². The summed E-state index contributed by atoms with van der Waals surface area (Å²) in [4.78, 5) is 17.6. The minimum atomic E-state index is 0.864. The molecule has 0 spiro atoms. The first kappa shape index (κ1) is 21.0. The summed E-state index contributed by atoms with van der Waals surface area (Å²) >= 11 is 0. The lowest BCUT2D eigenvalue weighted by Crippen LogP contribution is -2.44. The Morgan fingerprint density at radius 3 is 2.47 bits per heavy atom. The van der Waals surface area contributed by atoms with Crippen molar-refractivity contribution in [3.05, 3.63) is 49.3 Å². The van der Waals surface area contributed by atoms with E-state index in [0.717, 1.165) is 90.0 Å². The molecule has 0 saturated carbocycles. The number of H-pyrrole nitrogens is 1. The number of pyridine rings is 2. The van der Waals surface area contributed by atoms with Gasteiger partial charge in [0.05, 0.1) is 29.8 Å². The molecule has 0 unspecified atom stereocenters. The Morgan fingerprint density at radius 2 is 1.65 bits per heavy atom. The zero-order chi connectivity index (χ0) is 23.1. The van der Waals surface area contributed by atoms with E-state index in [2.05, 4.69) is 60.0 Å². The number of aromatic nitrogens is 7. The Morgan fingerprint density at radius 1 is 0.794 bits per heavy atom. The fourth-order valence-corrected chi connectivity index (χ4v) is 4.71. The highest BCUT2D eigenvalue weighted by atomic mass is 15.3. The maximum absolute atomic E-state index is 4.69. The van der Waals surface area contributed by atoms with Gasteiger partial charge in [0.15, 0.2) is 0 Å². The lowest BCUT2D eigenvalue weighted by molar-refractivity contribution is 0.151. The van der Waals surface area contributed by atoms with E-state index >= 15 is 0 Å². The highest BCUT2D eigenvalue weighted by Crippen LogP contribution is 2.30. The molecule has 6 heterocycles. The zero-order valence-corrected chi connectivity index (χ0v) is 19.6. The first-order chi connectivity index (χ1) is 16.6. The molecule has 5 aromatic heterocycles. The molecule has 9 nitrogen and oxygen atoms in total. The molecule has 9 heteroatoms. The van der Waals surface area contributed by atoms with Gasteiger partial charge in [0.2, 0.25) is 0 Å². The van der Waals surface area contributed by atoms with Crippen molar-refractivity contribution in [2.24, 2.45) is 7.05 Å². The number of aryl methyl sites for hydroxylation is 2. The molecule has 0 aromatic carbocycles. The summed E-state index contributed by atoms with van der Waals surface area (Å²) in [6, 6.07) is 4.30. The standard InChI is InChI=1S/C25H29N9/c1-31-6-8-33(9-7-31)4-3-5-34-17-19(13-29-34)18-10-22-21-11-23(20-14-28-32(2)16-20)26-15-24(21)30-25(22)27-12-18/h10-17H,3-9H2,1-2H3,(H,27,30). The van der Waals surface area contributed by atoms with Gasteiger partial charge in [0.25, 0.3) is 0 Å². The number of hydrogen-bond acceptors (Lipinski definition) is 6. The smallest absolute Gasteiger partial charge is 0.138 e. The molecule has 0 bridgehead atoms. The SMILES string of the molecule is CN1CCN(CCCn2cc(-c3cnc4[nH]c5cnc(-c6cnn(C)c6)cc5c4c3)cn2)CC1. The molecular weight excluding hydrogens is 426 g/mol. The van der Waals surface area contributed by atoms with Crippen LogP contribution >= 0.6 is 0 Å². The summed E-state index contributed by atoms with van der Waals surface area (Å²) in [5.74, 6) is 0. The molecule has 1 aliphatic rings. The minimum Gasteiger partial charge on any atom is -0.338 e. The number of fused-ring (bicyclic) bond motifs is 3. The van der Waals surface area contributed by atoms with E-state index in [1.54, 1.807) is 4.68 Å². The van der Waals surface area contributed by atoms with Crippen LogP contribution in [0.2, 0.25) is 0 Å². The maximum atomic E-state index is 4.69. The highest BCUT2D eigenvalue weighted by molar-refractivity contribution is 6.07. The minimum absolute atomic E-state index is 0.864. The predicted octanol–water partition coefficient (Wildman–Crippen LogP) is 3.01. The van der Waals surface area contributed by atoms with Gasteiger partial charge < -0.3 is 14.8 Å². The second-order valence-corrected chi connectivity index (χ2v) is 9.25. The molecule has 1 saturated heterocycles. The van der Waals surface area contributed by atoms with Crippen molar-refractivity contribution >= 4 is 21.9 Å². The van der Waals surface area contributed by atoms with Crippen LogP contribution in [0.4, 0.5) is 0 Å². The van der Waals surface area contributed by atoms with Crippen LogP contribution in [0.15, 0.2) is 49.3 Å². The van der Waals surface area contributed by atoms with Gasteiger partial charge in [-0.1, -0.05) is 0 Å². The summed E-state index contributed by atoms with van der Waals surface area (Å²) in [6.45, 7) is 6.70. The van der Waals surface area contributed by atoms with Crippen LogP contribution in [0.25, 0.3) is 44.3 Å². The second-order valence-electron chi connectivity index (χ2n) is 9.25. The Labute approximate surface area is 198 Å². The Hall–Kier alpha value is -3.56. The monoisotopic (exact) mass is 455 g/mol. The number of nitrogens with zero attached hydrogens (tertiary/aromatic N) is 8. The van der Waals surface area contributed by atoms with E-state index in [0.29, 0.717) is 0 Å². The van der Waals surface area contributed by atoms with Gasteiger partial charge >= 0.3 is 0 Å². The summed E-state index contributed by atoms with van der Waals surface area (Å²) in [5, 5.41) is 11.1. The summed E-state index contributed by atoms with van der Waals surface area (Å²) in [5.41, 5.74) is 5.90. The maximum Gasteiger partial charge on any atom is 0.138 e. The van der Waals surface area contributed by atoms with Crippen LogP contribution in [0, 0.1) is 0 Å². The molecule has 1 aliphatic heterocycles. The molecule has 34 heavy (non-hydrogen) atoms. The van der Waals surface area contributed by atoms with Crippen LogP contribution < -0.4 is 0 Å². The second kappa shape index (κ2) is 8.66. The average molecular weight is 456 g/mol. The van der Waals surface area contributed by atoms with Crippen LogP contribution in [-0.2, 0) is 13.6 Å². The van der Waals surface area contributed by atoms with Gasteiger partial charge in [0, 0.05) is 85.8 Å². The molecule has 6 rings (SSSR count). The van der Waals surface area contributed by atoms with Gasteiger partial charge in [-0.15, -0.1) is 0 Å². The highest BCUT2D eigenvalue weighted by Gasteiger charge is 2.14. The third kappa shape index (κ3) is 4.08. The molecular formula is C25H29N9. The topological polar surface area (TPSA) is 83.7 Å². The molecule has 5 aromatic rings. The molecule has 1 N–H and O–H groups in total. The first-order valence-corrected chi connectivity index (χ1v) is 11.8. The quantitative estimate of drug-likeness (QED) is 0.424. The number of aromatic amines is 1. The Kier molecular flexibility index (Phi) is 5.35.